The largest absolute Gasteiger partial charge is 0.493 e. The van der Waals surface area contributed by atoms with E-state index in [1.165, 1.54) is 0 Å². The maximum atomic E-state index is 12.6. The zero-order valence-corrected chi connectivity index (χ0v) is 31.3. The van der Waals surface area contributed by atoms with Crippen LogP contribution in [0.2, 0.25) is 0 Å². The Morgan fingerprint density at radius 2 is 1.20 bits per heavy atom. The Morgan fingerprint density at radius 3 is 1.85 bits per heavy atom. The van der Waals surface area contributed by atoms with E-state index < -0.39 is 0 Å². The topological polar surface area (TPSA) is 141 Å². The number of amides is 1. The molecular formula is C41H45N3O10. The smallest absolute Gasteiger partial charge is 0.255 e. The van der Waals surface area contributed by atoms with Crippen molar-refractivity contribution in [3.05, 3.63) is 83.9 Å². The van der Waals surface area contributed by atoms with Gasteiger partial charge in [-0.15, -0.1) is 0 Å². The van der Waals surface area contributed by atoms with Gasteiger partial charge in [-0.1, -0.05) is 23.4 Å². The SMILES string of the molecule is COc1cc(C2NC(=O)c3ccccc3N2)ccc1OCCCCCCOc1c(OC)cc(-c2cc(-c3cc(OC)c(OC)c(OC)c3)on2)cc1OC. The quantitative estimate of drug-likeness (QED) is 0.0843. The number of hydrogen-bond donors (Lipinski definition) is 2. The molecule has 0 spiro atoms. The third-order valence-electron chi connectivity index (χ3n) is 9.03. The highest BCUT2D eigenvalue weighted by Gasteiger charge is 2.25. The molecule has 1 unspecified atom stereocenters. The summed E-state index contributed by atoms with van der Waals surface area (Å²) in [7, 11) is 9.45. The van der Waals surface area contributed by atoms with Crippen molar-refractivity contribution in [2.75, 3.05) is 61.2 Å². The van der Waals surface area contributed by atoms with E-state index >= 15 is 0 Å². The lowest BCUT2D eigenvalue weighted by Gasteiger charge is -2.28. The van der Waals surface area contributed by atoms with Crippen molar-refractivity contribution in [3.63, 3.8) is 0 Å². The van der Waals surface area contributed by atoms with E-state index in [1.807, 2.05) is 54.6 Å². The number of rotatable bonds is 18. The molecule has 1 aliphatic rings. The number of benzene rings is 4. The number of anilines is 1. The van der Waals surface area contributed by atoms with Gasteiger partial charge in [0, 0.05) is 22.9 Å². The number of methoxy groups -OCH3 is 6. The first-order chi connectivity index (χ1) is 26.4. The van der Waals surface area contributed by atoms with Crippen LogP contribution < -0.4 is 48.5 Å². The number of para-hydroxylation sites is 1. The van der Waals surface area contributed by atoms with E-state index in [2.05, 4.69) is 15.8 Å². The van der Waals surface area contributed by atoms with Gasteiger partial charge in [-0.2, -0.15) is 0 Å². The minimum atomic E-state index is -0.376. The maximum absolute atomic E-state index is 12.6. The number of ether oxygens (including phenoxy) is 8. The summed E-state index contributed by atoms with van der Waals surface area (Å²) in [5.74, 6) is 4.69. The molecule has 4 aromatic carbocycles. The van der Waals surface area contributed by atoms with Crippen LogP contribution in [0.1, 0.15) is 47.8 Å². The van der Waals surface area contributed by atoms with Crippen LogP contribution in [0.3, 0.4) is 0 Å². The Morgan fingerprint density at radius 1 is 0.593 bits per heavy atom. The Balaban J connectivity index is 0.993. The highest BCUT2D eigenvalue weighted by atomic mass is 16.5. The van der Waals surface area contributed by atoms with Crippen LogP contribution in [0, 0.1) is 0 Å². The number of carbonyl (C=O) groups excluding carboxylic acids is 1. The zero-order chi connectivity index (χ0) is 38.0. The molecule has 1 amide bonds. The van der Waals surface area contributed by atoms with Gasteiger partial charge in [0.05, 0.1) is 61.4 Å². The summed E-state index contributed by atoms with van der Waals surface area (Å²) in [6.45, 7) is 1.02. The van der Waals surface area contributed by atoms with E-state index in [1.54, 1.807) is 60.9 Å². The molecule has 1 atom stereocenters. The van der Waals surface area contributed by atoms with Gasteiger partial charge in [0.25, 0.3) is 5.91 Å². The van der Waals surface area contributed by atoms with Crippen molar-refractivity contribution >= 4 is 11.6 Å². The molecule has 13 heteroatoms. The Kier molecular flexibility index (Phi) is 12.2. The van der Waals surface area contributed by atoms with Crippen molar-refractivity contribution in [1.29, 1.82) is 0 Å². The van der Waals surface area contributed by atoms with E-state index in [9.17, 15) is 4.79 Å². The van der Waals surface area contributed by atoms with Crippen LogP contribution in [0.25, 0.3) is 22.6 Å². The van der Waals surface area contributed by atoms with Gasteiger partial charge in [0.15, 0.2) is 40.3 Å². The molecular weight excluding hydrogens is 694 g/mol. The van der Waals surface area contributed by atoms with Crippen LogP contribution in [0.15, 0.2) is 77.3 Å². The van der Waals surface area contributed by atoms with E-state index in [0.29, 0.717) is 81.8 Å². The summed E-state index contributed by atoms with van der Waals surface area (Å²) >= 11 is 0. The van der Waals surface area contributed by atoms with Gasteiger partial charge in [-0.25, -0.2) is 0 Å². The van der Waals surface area contributed by atoms with Crippen LogP contribution in [-0.2, 0) is 0 Å². The number of aromatic nitrogens is 1. The lowest BCUT2D eigenvalue weighted by atomic mass is 10.1. The molecule has 0 saturated carbocycles. The summed E-state index contributed by atoms with van der Waals surface area (Å²) in [6.07, 6.45) is 3.21. The fourth-order valence-electron chi connectivity index (χ4n) is 6.21. The van der Waals surface area contributed by atoms with Gasteiger partial charge in [0.2, 0.25) is 11.5 Å². The third kappa shape index (κ3) is 8.20. The Bertz CT molecular complexity index is 2010. The molecule has 1 aliphatic heterocycles. The monoisotopic (exact) mass is 739 g/mol. The first-order valence-corrected chi connectivity index (χ1v) is 17.5. The van der Waals surface area contributed by atoms with Gasteiger partial charge < -0.3 is 53.1 Å². The van der Waals surface area contributed by atoms with Crippen molar-refractivity contribution < 1.29 is 47.2 Å². The summed E-state index contributed by atoms with van der Waals surface area (Å²) in [6, 6.07) is 22.2. The molecule has 0 aliphatic carbocycles. The predicted molar refractivity (Wildman–Crippen MR) is 203 cm³/mol. The Labute approximate surface area is 314 Å². The molecule has 5 aromatic rings. The normalized spacial score (nSPS) is 13.2. The molecule has 54 heavy (non-hydrogen) atoms. The van der Waals surface area contributed by atoms with Gasteiger partial charge in [-0.05, 0) is 79.8 Å². The van der Waals surface area contributed by atoms with Gasteiger partial charge in [-0.3, -0.25) is 4.79 Å². The highest BCUT2D eigenvalue weighted by molar-refractivity contribution is 6.01. The molecule has 2 N–H and O–H groups in total. The highest BCUT2D eigenvalue weighted by Crippen LogP contribution is 2.44. The number of hydrogen-bond acceptors (Lipinski definition) is 12. The maximum Gasteiger partial charge on any atom is 0.255 e. The van der Waals surface area contributed by atoms with Gasteiger partial charge >= 0.3 is 0 Å². The van der Waals surface area contributed by atoms with Gasteiger partial charge in [0.1, 0.15) is 11.9 Å². The van der Waals surface area contributed by atoms with E-state index in [4.69, 9.17) is 42.4 Å². The fourth-order valence-corrected chi connectivity index (χ4v) is 6.21. The minimum absolute atomic E-state index is 0.123. The van der Waals surface area contributed by atoms with Crippen LogP contribution in [0.4, 0.5) is 5.69 Å². The summed E-state index contributed by atoms with van der Waals surface area (Å²) in [4.78, 5) is 12.6. The molecule has 284 valence electrons. The van der Waals surface area contributed by atoms with Crippen LogP contribution in [0.5, 0.6) is 46.0 Å². The first kappa shape index (κ1) is 37.5. The number of unbranched alkanes of at least 4 members (excludes halogenated alkanes) is 3. The standard InChI is InChI=1S/C41H45N3O10/c1-46-33-19-25(40-42-29-14-10-9-13-28(29)41(45)43-40)15-16-31(33)52-17-11-7-8-12-18-53-39-36(49-4)20-26(21-37(39)50-5)30-24-32(54-44-30)27-22-34(47-2)38(51-6)35(23-27)48-3/h9-10,13-16,19-24,40,42H,7-8,11-12,17-18H2,1-6H3,(H,43,45). The van der Waals surface area contributed by atoms with Crippen LogP contribution >= 0.6 is 0 Å². The molecule has 1 aromatic heterocycles. The average molecular weight is 740 g/mol. The van der Waals surface area contributed by atoms with Crippen molar-refractivity contribution in [2.45, 2.75) is 31.8 Å². The van der Waals surface area contributed by atoms with Crippen molar-refractivity contribution in [1.82, 2.24) is 10.5 Å². The molecule has 6 rings (SSSR count). The zero-order valence-electron chi connectivity index (χ0n) is 31.3. The molecule has 0 radical (unpaired) electrons. The lowest BCUT2D eigenvalue weighted by molar-refractivity contribution is 0.0935. The molecule has 0 saturated heterocycles. The Hall–Kier alpha value is -6.24. The first-order valence-electron chi connectivity index (χ1n) is 17.5. The van der Waals surface area contributed by atoms with Crippen LogP contribution in [-0.4, -0.2) is 66.9 Å². The lowest BCUT2D eigenvalue weighted by Crippen LogP contribution is -2.38. The second-order valence-electron chi connectivity index (χ2n) is 12.3. The molecule has 0 fully saturated rings. The fraction of sp³-hybridized carbons (Fsp3) is 0.317. The minimum Gasteiger partial charge on any atom is -0.493 e. The number of nitrogens with zero attached hydrogens (tertiary/aromatic N) is 1. The van der Waals surface area contributed by atoms with Crippen molar-refractivity contribution in [2.24, 2.45) is 0 Å². The average Bonchev–Trinajstić information content (AvgIpc) is 3.71. The molecule has 13 nitrogen and oxygen atoms in total. The van der Waals surface area contributed by atoms with E-state index in [-0.39, 0.29) is 12.1 Å². The van der Waals surface area contributed by atoms with Crippen molar-refractivity contribution in [3.8, 4) is 68.6 Å². The second-order valence-corrected chi connectivity index (χ2v) is 12.3. The molecule has 2 heterocycles. The summed E-state index contributed by atoms with van der Waals surface area (Å²) < 4.78 is 51.4. The molecule has 0 bridgehead atoms. The second kappa shape index (κ2) is 17.5. The van der Waals surface area contributed by atoms with E-state index in [0.717, 1.165) is 42.5 Å². The number of carbonyl (C=O) groups is 1. The summed E-state index contributed by atoms with van der Waals surface area (Å²) in [5, 5.41) is 10.7. The predicted octanol–water partition coefficient (Wildman–Crippen LogP) is 7.93. The number of fused-ring (bicyclic) bond motifs is 1. The number of nitrogens with one attached hydrogen (secondary N) is 2. The third-order valence-corrected chi connectivity index (χ3v) is 9.03. The summed E-state index contributed by atoms with van der Waals surface area (Å²) in [5.41, 5.74) is 4.30.